The fourth-order valence-electron chi connectivity index (χ4n) is 4.58. The average Bonchev–Trinajstić information content (AvgIpc) is 3.35. The van der Waals surface area contributed by atoms with E-state index in [-0.39, 0.29) is 28.4 Å². The first-order valence-electron chi connectivity index (χ1n) is 12.5. The summed E-state index contributed by atoms with van der Waals surface area (Å²) in [6.45, 7) is 3.48. The molecule has 1 aliphatic rings. The zero-order chi connectivity index (χ0) is 25.8. The van der Waals surface area contributed by atoms with Crippen LogP contribution in [0.5, 0.6) is 0 Å². The van der Waals surface area contributed by atoms with Gasteiger partial charge in [0.15, 0.2) is 11.2 Å². The Morgan fingerprint density at radius 2 is 1.81 bits per heavy atom. The lowest BCUT2D eigenvalue weighted by Crippen LogP contribution is -2.40. The first kappa shape index (κ1) is 25.2. The van der Waals surface area contributed by atoms with E-state index in [4.69, 9.17) is 4.74 Å². The van der Waals surface area contributed by atoms with Gasteiger partial charge in [0.05, 0.1) is 24.2 Å². The fraction of sp³-hybridized carbons (Fsp3) is 0.385. The summed E-state index contributed by atoms with van der Waals surface area (Å²) in [5.41, 5.74) is 2.28. The van der Waals surface area contributed by atoms with Crippen LogP contribution in [0.2, 0.25) is 0 Å². The van der Waals surface area contributed by atoms with Crippen molar-refractivity contribution in [1.82, 2.24) is 29.3 Å². The molecule has 4 aromatic rings. The molecule has 0 amide bonds. The van der Waals surface area contributed by atoms with Crippen molar-refractivity contribution in [1.29, 1.82) is 0 Å². The summed E-state index contributed by atoms with van der Waals surface area (Å²) >= 11 is 0. The molecule has 1 saturated heterocycles. The Balaban J connectivity index is 1.34. The number of hydrogen-bond donors (Lipinski definition) is 1. The molecule has 1 fully saturated rings. The Morgan fingerprint density at radius 3 is 2.59 bits per heavy atom. The minimum atomic E-state index is -3.62. The molecule has 1 unspecified atom stereocenters. The summed E-state index contributed by atoms with van der Waals surface area (Å²) < 4.78 is 34.5. The Kier molecular flexibility index (Phi) is 7.45. The number of H-pyrrole nitrogens is 1. The van der Waals surface area contributed by atoms with Crippen molar-refractivity contribution in [3.05, 3.63) is 81.9 Å². The molecule has 194 valence electrons. The van der Waals surface area contributed by atoms with E-state index in [0.29, 0.717) is 37.8 Å². The van der Waals surface area contributed by atoms with Crippen molar-refractivity contribution in [3.63, 3.8) is 0 Å². The molecule has 1 aliphatic heterocycles. The number of nitrogens with one attached hydrogen (secondary N) is 1. The van der Waals surface area contributed by atoms with Crippen LogP contribution in [-0.2, 0) is 27.6 Å². The molecule has 2 aromatic carbocycles. The third-order valence-electron chi connectivity index (χ3n) is 6.61. The smallest absolute Gasteiger partial charge is 0.281 e. The molecule has 2 aromatic heterocycles. The van der Waals surface area contributed by atoms with Crippen LogP contribution in [0, 0.1) is 0 Å². The monoisotopic (exact) mass is 522 g/mol. The van der Waals surface area contributed by atoms with Crippen LogP contribution in [-0.4, -0.2) is 64.0 Å². The SMILES string of the molecule is CC(CCCc1ccccc1)n1nnc2c(=O)[nH]c(Cc3cccc(S(=O)(=O)N4CCOCC4)c3)nc21. The zero-order valence-electron chi connectivity index (χ0n) is 20.7. The summed E-state index contributed by atoms with van der Waals surface area (Å²) in [7, 11) is -3.62. The maximum Gasteiger partial charge on any atom is 0.281 e. The number of fused-ring (bicyclic) bond motifs is 1. The van der Waals surface area contributed by atoms with Crippen LogP contribution < -0.4 is 5.56 Å². The van der Waals surface area contributed by atoms with E-state index in [9.17, 15) is 13.2 Å². The van der Waals surface area contributed by atoms with Gasteiger partial charge in [-0.3, -0.25) is 4.79 Å². The predicted molar refractivity (Wildman–Crippen MR) is 139 cm³/mol. The number of benzene rings is 2. The molecule has 0 spiro atoms. The van der Waals surface area contributed by atoms with Gasteiger partial charge in [0, 0.05) is 19.5 Å². The molecule has 0 bridgehead atoms. The molecular formula is C26H30N6O4S. The molecule has 0 aliphatic carbocycles. The van der Waals surface area contributed by atoms with Gasteiger partial charge >= 0.3 is 0 Å². The number of aryl methyl sites for hydroxylation is 1. The van der Waals surface area contributed by atoms with Crippen molar-refractivity contribution in [2.24, 2.45) is 0 Å². The standard InChI is InChI=1S/C26H30N6O4S/c1-19(7-5-10-20-8-3-2-4-9-20)32-25-24(29-30-32)26(33)28-23(27-25)18-21-11-6-12-22(17-21)37(34,35)31-13-15-36-16-14-31/h2-4,6,8-9,11-12,17,19H,5,7,10,13-16,18H2,1H3,(H,27,28,33). The number of aromatic nitrogens is 5. The number of sulfonamides is 1. The van der Waals surface area contributed by atoms with Crippen LogP contribution in [0.3, 0.4) is 0 Å². The number of ether oxygens (including phenoxy) is 1. The van der Waals surface area contributed by atoms with Gasteiger partial charge in [-0.2, -0.15) is 4.31 Å². The van der Waals surface area contributed by atoms with E-state index < -0.39 is 10.0 Å². The number of hydrogen-bond acceptors (Lipinski definition) is 7. The highest BCUT2D eigenvalue weighted by molar-refractivity contribution is 7.89. The predicted octanol–water partition coefficient (Wildman–Crippen LogP) is 2.71. The summed E-state index contributed by atoms with van der Waals surface area (Å²) in [5.74, 6) is 0.429. The highest BCUT2D eigenvalue weighted by Crippen LogP contribution is 2.21. The average molecular weight is 523 g/mol. The summed E-state index contributed by atoms with van der Waals surface area (Å²) in [4.78, 5) is 20.4. The molecule has 1 atom stereocenters. The molecule has 1 N–H and O–H groups in total. The van der Waals surface area contributed by atoms with Gasteiger partial charge in [-0.05, 0) is 49.4 Å². The second kappa shape index (κ2) is 10.9. The third-order valence-corrected chi connectivity index (χ3v) is 8.50. The van der Waals surface area contributed by atoms with Gasteiger partial charge in [0.1, 0.15) is 5.82 Å². The summed E-state index contributed by atoms with van der Waals surface area (Å²) in [6, 6.07) is 17.1. The number of rotatable bonds is 9. The van der Waals surface area contributed by atoms with Crippen molar-refractivity contribution in [3.8, 4) is 0 Å². The normalized spacial score (nSPS) is 15.7. The molecule has 5 rings (SSSR count). The van der Waals surface area contributed by atoms with Gasteiger partial charge in [-0.15, -0.1) is 5.10 Å². The van der Waals surface area contributed by atoms with Crippen LogP contribution in [0.15, 0.2) is 64.3 Å². The maximum atomic E-state index is 13.1. The van der Waals surface area contributed by atoms with Crippen LogP contribution in [0.4, 0.5) is 0 Å². The Bertz CT molecular complexity index is 1530. The van der Waals surface area contributed by atoms with Gasteiger partial charge in [-0.25, -0.2) is 18.1 Å². The number of nitrogens with zero attached hydrogens (tertiary/aromatic N) is 5. The van der Waals surface area contributed by atoms with E-state index in [0.717, 1.165) is 24.8 Å². The van der Waals surface area contributed by atoms with E-state index >= 15 is 0 Å². The van der Waals surface area contributed by atoms with Crippen molar-refractivity contribution >= 4 is 21.2 Å². The van der Waals surface area contributed by atoms with Crippen LogP contribution >= 0.6 is 0 Å². The molecule has 10 nitrogen and oxygen atoms in total. The Hall–Kier alpha value is -3.41. The van der Waals surface area contributed by atoms with E-state index in [1.54, 1.807) is 22.9 Å². The van der Waals surface area contributed by atoms with Crippen molar-refractivity contribution < 1.29 is 13.2 Å². The number of morpholine rings is 1. The lowest BCUT2D eigenvalue weighted by atomic mass is 10.1. The first-order chi connectivity index (χ1) is 17.9. The molecule has 0 saturated carbocycles. The van der Waals surface area contributed by atoms with Gasteiger partial charge in [0.25, 0.3) is 5.56 Å². The largest absolute Gasteiger partial charge is 0.379 e. The third kappa shape index (κ3) is 5.63. The highest BCUT2D eigenvalue weighted by atomic mass is 32.2. The molecule has 0 radical (unpaired) electrons. The van der Waals surface area contributed by atoms with E-state index in [2.05, 4.69) is 32.4 Å². The van der Waals surface area contributed by atoms with Crippen molar-refractivity contribution in [2.45, 2.75) is 43.5 Å². The lowest BCUT2D eigenvalue weighted by molar-refractivity contribution is 0.0730. The quantitative estimate of drug-likeness (QED) is 0.359. The zero-order valence-corrected chi connectivity index (χ0v) is 21.5. The highest BCUT2D eigenvalue weighted by Gasteiger charge is 2.26. The maximum absolute atomic E-state index is 13.1. The van der Waals surface area contributed by atoms with Gasteiger partial charge < -0.3 is 9.72 Å². The van der Waals surface area contributed by atoms with E-state index in [1.807, 2.05) is 31.2 Å². The summed E-state index contributed by atoms with van der Waals surface area (Å²) in [5, 5.41) is 8.28. The molecule has 37 heavy (non-hydrogen) atoms. The molecule has 11 heteroatoms. The number of aromatic amines is 1. The minimum Gasteiger partial charge on any atom is -0.379 e. The van der Waals surface area contributed by atoms with Gasteiger partial charge in [0.2, 0.25) is 10.0 Å². The topological polar surface area (TPSA) is 123 Å². The second-order valence-corrected chi connectivity index (χ2v) is 11.2. The van der Waals surface area contributed by atoms with Gasteiger partial charge in [-0.1, -0.05) is 47.7 Å². The Labute approximate surface area is 215 Å². The van der Waals surface area contributed by atoms with Crippen LogP contribution in [0.25, 0.3) is 11.2 Å². The Morgan fingerprint density at radius 1 is 1.05 bits per heavy atom. The summed E-state index contributed by atoms with van der Waals surface area (Å²) in [6.07, 6.45) is 3.05. The second-order valence-electron chi connectivity index (χ2n) is 9.29. The lowest BCUT2D eigenvalue weighted by Gasteiger charge is -2.26. The van der Waals surface area contributed by atoms with Crippen molar-refractivity contribution in [2.75, 3.05) is 26.3 Å². The molecular weight excluding hydrogens is 492 g/mol. The fourth-order valence-corrected chi connectivity index (χ4v) is 6.06. The van der Waals surface area contributed by atoms with Crippen LogP contribution in [0.1, 0.15) is 42.8 Å². The molecule has 3 heterocycles. The minimum absolute atomic E-state index is 0.0119. The van der Waals surface area contributed by atoms with E-state index in [1.165, 1.54) is 9.87 Å². The first-order valence-corrected chi connectivity index (χ1v) is 13.9.